The zero-order chi connectivity index (χ0) is 15.5. The summed E-state index contributed by atoms with van der Waals surface area (Å²) in [5.74, 6) is -0.867. The van der Waals surface area contributed by atoms with Crippen molar-refractivity contribution in [2.75, 3.05) is 11.9 Å². The highest BCUT2D eigenvalue weighted by Crippen LogP contribution is 2.28. The molecule has 1 aliphatic heterocycles. The first kappa shape index (κ1) is 15.2. The van der Waals surface area contributed by atoms with E-state index in [0.717, 1.165) is 5.69 Å². The molecule has 21 heavy (non-hydrogen) atoms. The van der Waals surface area contributed by atoms with Crippen LogP contribution in [0.4, 0.5) is 5.69 Å². The Hall–Kier alpha value is -2.24. The fourth-order valence-corrected chi connectivity index (χ4v) is 2.33. The molecule has 2 rings (SSSR count). The lowest BCUT2D eigenvalue weighted by molar-refractivity contribution is -0.148. The Bertz CT molecular complexity index is 546. The van der Waals surface area contributed by atoms with Crippen LogP contribution in [0.15, 0.2) is 24.3 Å². The number of hydrogen-bond acceptors (Lipinski definition) is 4. The predicted molar refractivity (Wildman–Crippen MR) is 78.4 cm³/mol. The number of ether oxygens (including phenoxy) is 1. The largest absolute Gasteiger partial charge is 0.480 e. The lowest BCUT2D eigenvalue weighted by atomic mass is 9.96. The topological polar surface area (TPSA) is 87.7 Å². The standard InChI is InChI=1S/C15H20N2O4/c1-3-8-15(2,14(19)20)17-13(18)12-9-16-10-6-4-5-7-11(10)21-12/h4-7,12,16H,3,8-9H2,1-2H3,(H,17,18)(H,19,20). The van der Waals surface area contributed by atoms with Crippen molar-refractivity contribution >= 4 is 17.6 Å². The number of carbonyl (C=O) groups excluding carboxylic acids is 1. The number of para-hydroxylation sites is 2. The number of hydrogen-bond donors (Lipinski definition) is 3. The summed E-state index contributed by atoms with van der Waals surface area (Å²) in [6.07, 6.45) is 0.288. The van der Waals surface area contributed by atoms with Crippen LogP contribution in [-0.2, 0) is 9.59 Å². The number of carboxylic acids is 1. The van der Waals surface area contributed by atoms with E-state index in [1.165, 1.54) is 6.92 Å². The number of amides is 1. The molecule has 3 N–H and O–H groups in total. The molecule has 0 saturated heterocycles. The van der Waals surface area contributed by atoms with E-state index in [2.05, 4.69) is 10.6 Å². The second-order valence-electron chi connectivity index (χ2n) is 5.36. The van der Waals surface area contributed by atoms with Gasteiger partial charge < -0.3 is 20.5 Å². The van der Waals surface area contributed by atoms with Gasteiger partial charge in [-0.15, -0.1) is 0 Å². The van der Waals surface area contributed by atoms with Crippen molar-refractivity contribution in [1.29, 1.82) is 0 Å². The zero-order valence-corrected chi connectivity index (χ0v) is 12.2. The van der Waals surface area contributed by atoms with E-state index in [0.29, 0.717) is 25.1 Å². The smallest absolute Gasteiger partial charge is 0.329 e. The predicted octanol–water partition coefficient (Wildman–Crippen LogP) is 1.62. The Morgan fingerprint density at radius 1 is 1.48 bits per heavy atom. The van der Waals surface area contributed by atoms with Crippen LogP contribution in [0.3, 0.4) is 0 Å². The molecule has 0 saturated carbocycles. The van der Waals surface area contributed by atoms with Crippen LogP contribution < -0.4 is 15.4 Å². The summed E-state index contributed by atoms with van der Waals surface area (Å²) in [5.41, 5.74) is -0.442. The van der Waals surface area contributed by atoms with Gasteiger partial charge in [0.25, 0.3) is 5.91 Å². The van der Waals surface area contributed by atoms with Gasteiger partial charge in [-0.25, -0.2) is 4.79 Å². The molecule has 1 aromatic rings. The van der Waals surface area contributed by atoms with Gasteiger partial charge in [-0.2, -0.15) is 0 Å². The molecule has 2 unspecified atom stereocenters. The average molecular weight is 292 g/mol. The third-order valence-electron chi connectivity index (χ3n) is 3.55. The lowest BCUT2D eigenvalue weighted by Gasteiger charge is -2.31. The third-order valence-corrected chi connectivity index (χ3v) is 3.55. The van der Waals surface area contributed by atoms with E-state index in [9.17, 15) is 14.7 Å². The Morgan fingerprint density at radius 3 is 2.86 bits per heavy atom. The van der Waals surface area contributed by atoms with Crippen molar-refractivity contribution in [2.45, 2.75) is 38.3 Å². The summed E-state index contributed by atoms with van der Waals surface area (Å²) in [6.45, 7) is 3.70. The van der Waals surface area contributed by atoms with Gasteiger partial charge in [0, 0.05) is 0 Å². The van der Waals surface area contributed by atoms with Gasteiger partial charge in [-0.05, 0) is 25.5 Å². The second kappa shape index (κ2) is 6.03. The van der Waals surface area contributed by atoms with Crippen molar-refractivity contribution in [3.8, 4) is 5.75 Å². The lowest BCUT2D eigenvalue weighted by Crippen LogP contribution is -2.57. The van der Waals surface area contributed by atoms with Crippen LogP contribution in [0.25, 0.3) is 0 Å². The van der Waals surface area contributed by atoms with Crippen molar-refractivity contribution < 1.29 is 19.4 Å². The van der Waals surface area contributed by atoms with Crippen LogP contribution in [0.1, 0.15) is 26.7 Å². The molecule has 1 aliphatic rings. The highest BCUT2D eigenvalue weighted by atomic mass is 16.5. The summed E-state index contributed by atoms with van der Waals surface area (Å²) < 4.78 is 5.63. The fraction of sp³-hybridized carbons (Fsp3) is 0.467. The maximum absolute atomic E-state index is 12.3. The minimum absolute atomic E-state index is 0.310. The van der Waals surface area contributed by atoms with Gasteiger partial charge in [-0.3, -0.25) is 4.79 Å². The Balaban J connectivity index is 2.06. The number of benzene rings is 1. The molecule has 0 radical (unpaired) electrons. The van der Waals surface area contributed by atoms with Crippen molar-refractivity contribution in [3.05, 3.63) is 24.3 Å². The number of rotatable bonds is 5. The summed E-state index contributed by atoms with van der Waals surface area (Å²) in [5, 5.41) is 15.0. The maximum Gasteiger partial charge on any atom is 0.329 e. The number of fused-ring (bicyclic) bond motifs is 1. The molecular formula is C15H20N2O4. The van der Waals surface area contributed by atoms with E-state index in [1.807, 2.05) is 25.1 Å². The SMILES string of the molecule is CCCC(C)(NC(=O)C1CNc2ccccc2O1)C(=O)O. The van der Waals surface area contributed by atoms with Crippen LogP contribution in [-0.4, -0.2) is 35.2 Å². The summed E-state index contributed by atoms with van der Waals surface area (Å²) >= 11 is 0. The van der Waals surface area contributed by atoms with Gasteiger partial charge in [-0.1, -0.05) is 25.5 Å². The quantitative estimate of drug-likeness (QED) is 0.767. The third kappa shape index (κ3) is 3.26. The van der Waals surface area contributed by atoms with Crippen LogP contribution in [0.2, 0.25) is 0 Å². The molecule has 0 aliphatic carbocycles. The number of nitrogens with one attached hydrogen (secondary N) is 2. The molecule has 0 fully saturated rings. The monoisotopic (exact) mass is 292 g/mol. The maximum atomic E-state index is 12.3. The molecule has 6 heteroatoms. The minimum Gasteiger partial charge on any atom is -0.480 e. The van der Waals surface area contributed by atoms with Gasteiger partial charge in [0.2, 0.25) is 0 Å². The van der Waals surface area contributed by atoms with Crippen molar-refractivity contribution in [2.24, 2.45) is 0 Å². The highest BCUT2D eigenvalue weighted by Gasteiger charge is 2.37. The Kier molecular flexibility index (Phi) is 4.35. The molecule has 1 aromatic carbocycles. The number of carbonyl (C=O) groups is 2. The first-order valence-corrected chi connectivity index (χ1v) is 7.01. The number of aliphatic carboxylic acids is 1. The molecule has 6 nitrogen and oxygen atoms in total. The van der Waals surface area contributed by atoms with E-state index in [-0.39, 0.29) is 0 Å². The van der Waals surface area contributed by atoms with E-state index in [4.69, 9.17) is 4.74 Å². The second-order valence-corrected chi connectivity index (χ2v) is 5.36. The zero-order valence-electron chi connectivity index (χ0n) is 12.2. The molecule has 0 spiro atoms. The van der Waals surface area contributed by atoms with Gasteiger partial charge >= 0.3 is 5.97 Å². The van der Waals surface area contributed by atoms with E-state index < -0.39 is 23.5 Å². The van der Waals surface area contributed by atoms with Gasteiger partial charge in [0.1, 0.15) is 11.3 Å². The Labute approximate surface area is 123 Å². The molecule has 0 bridgehead atoms. The molecule has 1 heterocycles. The first-order valence-electron chi connectivity index (χ1n) is 7.01. The molecular weight excluding hydrogens is 272 g/mol. The van der Waals surface area contributed by atoms with E-state index in [1.54, 1.807) is 6.07 Å². The molecule has 1 amide bonds. The normalized spacial score (nSPS) is 19.4. The number of anilines is 1. The molecule has 2 atom stereocenters. The highest BCUT2D eigenvalue weighted by molar-refractivity contribution is 5.89. The molecule has 114 valence electrons. The van der Waals surface area contributed by atoms with Gasteiger partial charge in [0.05, 0.1) is 12.2 Å². The van der Waals surface area contributed by atoms with Crippen molar-refractivity contribution in [1.82, 2.24) is 5.32 Å². The number of carboxylic acid groups (broad SMARTS) is 1. The summed E-state index contributed by atoms with van der Waals surface area (Å²) in [4.78, 5) is 23.6. The average Bonchev–Trinajstić information content (AvgIpc) is 2.46. The van der Waals surface area contributed by atoms with Crippen LogP contribution in [0.5, 0.6) is 5.75 Å². The fourth-order valence-electron chi connectivity index (χ4n) is 2.33. The van der Waals surface area contributed by atoms with Crippen molar-refractivity contribution in [3.63, 3.8) is 0 Å². The van der Waals surface area contributed by atoms with Crippen LogP contribution >= 0.6 is 0 Å². The Morgan fingerprint density at radius 2 is 2.19 bits per heavy atom. The molecule has 0 aromatic heterocycles. The summed E-state index contributed by atoms with van der Waals surface area (Å²) in [7, 11) is 0. The first-order chi connectivity index (χ1) is 9.96. The van der Waals surface area contributed by atoms with Crippen LogP contribution in [0, 0.1) is 0 Å². The van der Waals surface area contributed by atoms with Gasteiger partial charge in [0.15, 0.2) is 6.10 Å². The van der Waals surface area contributed by atoms with E-state index >= 15 is 0 Å². The minimum atomic E-state index is -1.27. The summed E-state index contributed by atoms with van der Waals surface area (Å²) in [6, 6.07) is 7.32.